The zero-order valence-electron chi connectivity index (χ0n) is 11.8. The maximum absolute atomic E-state index is 3.19. The standard InChI is InChI=1S/C16H29S/c1-3-4-5-6-7-8-9-10-11-12-13-14-15-16-17-2/h16H,3-13H2,1-2H3. The molecule has 0 spiro atoms. The summed E-state index contributed by atoms with van der Waals surface area (Å²) in [6.45, 7) is 2.28. The summed E-state index contributed by atoms with van der Waals surface area (Å²) in [5.74, 6) is 8.21. The Hall–Kier alpha value is -0.0900. The smallest absolute Gasteiger partial charge is 0.0882 e. The molecule has 99 valence electrons. The van der Waals surface area contributed by atoms with Crippen molar-refractivity contribution in [3.8, 4) is 11.8 Å². The van der Waals surface area contributed by atoms with Crippen LogP contribution in [-0.4, -0.2) is 6.26 Å². The van der Waals surface area contributed by atoms with E-state index in [1.807, 2.05) is 5.75 Å². The van der Waals surface area contributed by atoms with E-state index in [4.69, 9.17) is 0 Å². The Balaban J connectivity index is 2.97. The number of unbranched alkanes of at least 4 members (excludes halogenated alkanes) is 10. The molecule has 0 atom stereocenters. The molecule has 0 rings (SSSR count). The van der Waals surface area contributed by atoms with E-state index >= 15 is 0 Å². The Morgan fingerprint density at radius 2 is 1.35 bits per heavy atom. The number of hydrogen-bond acceptors (Lipinski definition) is 1. The summed E-state index contributed by atoms with van der Waals surface area (Å²) in [4.78, 5) is 0. The van der Waals surface area contributed by atoms with Gasteiger partial charge in [-0.1, -0.05) is 70.6 Å². The van der Waals surface area contributed by atoms with Gasteiger partial charge in [0, 0.05) is 6.42 Å². The van der Waals surface area contributed by atoms with E-state index in [1.54, 1.807) is 11.8 Å². The molecule has 0 fully saturated rings. The van der Waals surface area contributed by atoms with Crippen molar-refractivity contribution in [3.63, 3.8) is 0 Å². The van der Waals surface area contributed by atoms with Gasteiger partial charge >= 0.3 is 0 Å². The third-order valence-electron chi connectivity index (χ3n) is 2.93. The molecule has 1 heteroatoms. The van der Waals surface area contributed by atoms with Gasteiger partial charge in [-0.3, -0.25) is 0 Å². The quantitative estimate of drug-likeness (QED) is 0.330. The van der Waals surface area contributed by atoms with Crippen molar-refractivity contribution in [1.82, 2.24) is 0 Å². The van der Waals surface area contributed by atoms with Crippen LogP contribution in [0.2, 0.25) is 0 Å². The highest BCUT2D eigenvalue weighted by Gasteiger charge is 1.91. The molecule has 0 nitrogen and oxygen atoms in total. The third-order valence-corrected chi connectivity index (χ3v) is 3.29. The highest BCUT2D eigenvalue weighted by Crippen LogP contribution is 2.10. The van der Waals surface area contributed by atoms with E-state index in [1.165, 1.54) is 64.2 Å². The van der Waals surface area contributed by atoms with Crippen LogP contribution in [0.4, 0.5) is 0 Å². The molecule has 0 aliphatic carbocycles. The molecule has 0 N–H and O–H groups in total. The minimum atomic E-state index is 1.08. The first kappa shape index (κ1) is 16.9. The predicted octanol–water partition coefficient (Wildman–Crippen LogP) is 5.83. The SMILES string of the molecule is CCCCCCCCCCCCC#C[CH]SC. The normalized spacial score (nSPS) is 10.0. The van der Waals surface area contributed by atoms with Gasteiger partial charge in [0.1, 0.15) is 0 Å². The second kappa shape index (κ2) is 15.9. The van der Waals surface area contributed by atoms with Crippen molar-refractivity contribution < 1.29 is 0 Å². The summed E-state index contributed by atoms with van der Waals surface area (Å²) in [5, 5.41) is 0. The lowest BCUT2D eigenvalue weighted by Crippen LogP contribution is -1.81. The van der Waals surface area contributed by atoms with Gasteiger partial charge in [-0.25, -0.2) is 0 Å². The molecule has 0 saturated carbocycles. The molecule has 0 heterocycles. The Morgan fingerprint density at radius 1 is 0.824 bits per heavy atom. The molecule has 0 aliphatic heterocycles. The minimum absolute atomic E-state index is 1.08. The molecule has 17 heavy (non-hydrogen) atoms. The van der Waals surface area contributed by atoms with Crippen molar-refractivity contribution in [2.75, 3.05) is 6.26 Å². The maximum Gasteiger partial charge on any atom is 0.0882 e. The van der Waals surface area contributed by atoms with Crippen LogP contribution in [0.5, 0.6) is 0 Å². The molecule has 0 unspecified atom stereocenters. The Labute approximate surface area is 113 Å². The maximum atomic E-state index is 3.19. The van der Waals surface area contributed by atoms with E-state index in [0.29, 0.717) is 0 Å². The van der Waals surface area contributed by atoms with Crippen molar-refractivity contribution >= 4 is 11.8 Å². The molecular formula is C16H29S. The van der Waals surface area contributed by atoms with E-state index in [2.05, 4.69) is 25.0 Å². The van der Waals surface area contributed by atoms with E-state index in [0.717, 1.165) is 6.42 Å². The second-order valence-corrected chi connectivity index (χ2v) is 5.31. The molecule has 0 saturated heterocycles. The van der Waals surface area contributed by atoms with Crippen molar-refractivity contribution in [3.05, 3.63) is 5.75 Å². The summed E-state index contributed by atoms with van der Waals surface area (Å²) >= 11 is 1.69. The highest BCUT2D eigenvalue weighted by atomic mass is 32.2. The fourth-order valence-corrected chi connectivity index (χ4v) is 2.07. The first-order valence-electron chi connectivity index (χ1n) is 7.24. The second-order valence-electron chi connectivity index (χ2n) is 4.61. The first-order valence-corrected chi connectivity index (χ1v) is 8.53. The summed E-state index contributed by atoms with van der Waals surface area (Å²) in [7, 11) is 0. The zero-order chi connectivity index (χ0) is 12.6. The van der Waals surface area contributed by atoms with Crippen LogP contribution in [0.25, 0.3) is 0 Å². The monoisotopic (exact) mass is 253 g/mol. The fourth-order valence-electron chi connectivity index (χ4n) is 1.87. The average Bonchev–Trinajstić information content (AvgIpc) is 2.35. The Bertz CT molecular complexity index is 187. The lowest BCUT2D eigenvalue weighted by molar-refractivity contribution is 0.558. The zero-order valence-corrected chi connectivity index (χ0v) is 12.6. The van der Waals surface area contributed by atoms with Gasteiger partial charge < -0.3 is 0 Å². The summed E-state index contributed by atoms with van der Waals surface area (Å²) < 4.78 is 0. The summed E-state index contributed by atoms with van der Waals surface area (Å²) in [5.41, 5.74) is 0. The fraction of sp³-hybridized carbons (Fsp3) is 0.812. The van der Waals surface area contributed by atoms with Crippen LogP contribution in [0.1, 0.15) is 77.6 Å². The minimum Gasteiger partial charge on any atom is -0.147 e. The molecule has 0 aromatic rings. The van der Waals surface area contributed by atoms with Crippen molar-refractivity contribution in [2.45, 2.75) is 77.6 Å². The van der Waals surface area contributed by atoms with Gasteiger partial charge in [0.25, 0.3) is 0 Å². The van der Waals surface area contributed by atoms with Crippen LogP contribution in [0.15, 0.2) is 0 Å². The van der Waals surface area contributed by atoms with Crippen LogP contribution >= 0.6 is 11.8 Å². The van der Waals surface area contributed by atoms with Crippen molar-refractivity contribution in [2.24, 2.45) is 0 Å². The van der Waals surface area contributed by atoms with Gasteiger partial charge in [-0.15, -0.1) is 17.7 Å². The number of thioether (sulfide) groups is 1. The molecule has 0 aliphatic rings. The van der Waals surface area contributed by atoms with Crippen LogP contribution in [0.3, 0.4) is 0 Å². The molecular weight excluding hydrogens is 224 g/mol. The number of rotatable bonds is 11. The number of hydrogen-bond donors (Lipinski definition) is 0. The summed E-state index contributed by atoms with van der Waals surface area (Å²) in [6.07, 6.45) is 17.2. The first-order chi connectivity index (χ1) is 8.41. The van der Waals surface area contributed by atoms with E-state index < -0.39 is 0 Å². The Kier molecular flexibility index (Phi) is 15.8. The lowest BCUT2D eigenvalue weighted by atomic mass is 10.1. The largest absolute Gasteiger partial charge is 0.147 e. The van der Waals surface area contributed by atoms with Crippen LogP contribution < -0.4 is 0 Å². The van der Waals surface area contributed by atoms with Gasteiger partial charge in [0.05, 0.1) is 5.75 Å². The van der Waals surface area contributed by atoms with E-state index in [9.17, 15) is 0 Å². The predicted molar refractivity (Wildman–Crippen MR) is 82.1 cm³/mol. The third kappa shape index (κ3) is 15.9. The highest BCUT2D eigenvalue weighted by molar-refractivity contribution is 8.00. The van der Waals surface area contributed by atoms with Crippen LogP contribution in [-0.2, 0) is 0 Å². The van der Waals surface area contributed by atoms with Gasteiger partial charge in [-0.05, 0) is 12.7 Å². The Morgan fingerprint density at radius 3 is 1.88 bits per heavy atom. The topological polar surface area (TPSA) is 0 Å². The van der Waals surface area contributed by atoms with Crippen LogP contribution in [0, 0.1) is 17.6 Å². The molecule has 0 amide bonds. The van der Waals surface area contributed by atoms with Gasteiger partial charge in [0.15, 0.2) is 0 Å². The molecule has 0 aromatic carbocycles. The molecule has 0 bridgehead atoms. The molecule has 1 radical (unpaired) electrons. The van der Waals surface area contributed by atoms with Gasteiger partial charge in [0.2, 0.25) is 0 Å². The molecule has 0 aromatic heterocycles. The van der Waals surface area contributed by atoms with E-state index in [-0.39, 0.29) is 0 Å². The average molecular weight is 253 g/mol. The van der Waals surface area contributed by atoms with Crippen molar-refractivity contribution in [1.29, 1.82) is 0 Å². The lowest BCUT2D eigenvalue weighted by Gasteiger charge is -2.00. The van der Waals surface area contributed by atoms with Gasteiger partial charge in [-0.2, -0.15) is 0 Å². The summed E-state index contributed by atoms with van der Waals surface area (Å²) in [6, 6.07) is 0.